The van der Waals surface area contributed by atoms with Gasteiger partial charge in [0.15, 0.2) is 0 Å². The lowest BCUT2D eigenvalue weighted by molar-refractivity contribution is -0.0183. The van der Waals surface area contributed by atoms with E-state index in [4.69, 9.17) is 9.47 Å². The van der Waals surface area contributed by atoms with Crippen LogP contribution < -0.4 is 4.74 Å². The Morgan fingerprint density at radius 1 is 1.00 bits per heavy atom. The molecule has 0 aliphatic rings. The topological polar surface area (TPSA) is 18.5 Å². The van der Waals surface area contributed by atoms with Crippen molar-refractivity contribution < 1.29 is 9.47 Å². The number of hydrogen-bond acceptors (Lipinski definition) is 2. The van der Waals surface area contributed by atoms with Crippen molar-refractivity contribution in [1.29, 1.82) is 0 Å². The van der Waals surface area contributed by atoms with Gasteiger partial charge < -0.3 is 9.47 Å². The van der Waals surface area contributed by atoms with Crippen LogP contribution in [0.2, 0.25) is 0 Å². The Kier molecular flexibility index (Phi) is 10.1. The van der Waals surface area contributed by atoms with Crippen LogP contribution in [0.15, 0.2) is 24.3 Å². The van der Waals surface area contributed by atoms with Gasteiger partial charge in [-0.25, -0.2) is 0 Å². The van der Waals surface area contributed by atoms with Gasteiger partial charge in [-0.05, 0) is 70.1 Å². The molecule has 0 aromatic heterocycles. The summed E-state index contributed by atoms with van der Waals surface area (Å²) < 4.78 is 11.7. The van der Waals surface area contributed by atoms with Crippen LogP contribution in [0.1, 0.15) is 78.7 Å². The quantitative estimate of drug-likeness (QED) is 0.414. The SMILES string of the molecule is CCCCc1ccc(OCCC(C)CCCC(C)(C)OCC)cc1. The average Bonchev–Trinajstić information content (AvgIpc) is 2.54. The Balaban J connectivity index is 2.17. The lowest BCUT2D eigenvalue weighted by Gasteiger charge is -2.25. The first-order valence-electron chi connectivity index (χ1n) is 9.82. The molecule has 0 amide bonds. The van der Waals surface area contributed by atoms with Gasteiger partial charge in [0.1, 0.15) is 5.75 Å². The van der Waals surface area contributed by atoms with Crippen molar-refractivity contribution in [2.24, 2.45) is 5.92 Å². The molecule has 0 fully saturated rings. The molecule has 0 spiro atoms. The van der Waals surface area contributed by atoms with Crippen LogP contribution in [0.4, 0.5) is 0 Å². The molecule has 0 aliphatic heterocycles. The van der Waals surface area contributed by atoms with E-state index in [1.165, 1.54) is 37.7 Å². The Hall–Kier alpha value is -1.02. The highest BCUT2D eigenvalue weighted by atomic mass is 16.5. The zero-order valence-electron chi connectivity index (χ0n) is 16.6. The minimum atomic E-state index is 0.0183. The van der Waals surface area contributed by atoms with Gasteiger partial charge in [0, 0.05) is 6.61 Å². The Morgan fingerprint density at radius 3 is 2.33 bits per heavy atom. The average molecular weight is 335 g/mol. The van der Waals surface area contributed by atoms with E-state index in [0.717, 1.165) is 31.8 Å². The van der Waals surface area contributed by atoms with Gasteiger partial charge in [0.2, 0.25) is 0 Å². The van der Waals surface area contributed by atoms with Crippen molar-refractivity contribution >= 4 is 0 Å². The lowest BCUT2D eigenvalue weighted by atomic mass is 9.95. The maximum atomic E-state index is 5.90. The Labute approximate surface area is 149 Å². The molecular formula is C22H38O2. The van der Waals surface area contributed by atoms with E-state index in [-0.39, 0.29) is 5.60 Å². The first-order valence-corrected chi connectivity index (χ1v) is 9.82. The fraction of sp³-hybridized carbons (Fsp3) is 0.727. The summed E-state index contributed by atoms with van der Waals surface area (Å²) in [5.74, 6) is 1.70. The summed E-state index contributed by atoms with van der Waals surface area (Å²) in [4.78, 5) is 0. The summed E-state index contributed by atoms with van der Waals surface area (Å²) in [7, 11) is 0. The second-order valence-corrected chi connectivity index (χ2v) is 7.57. The van der Waals surface area contributed by atoms with E-state index < -0.39 is 0 Å². The largest absolute Gasteiger partial charge is 0.494 e. The highest BCUT2D eigenvalue weighted by Gasteiger charge is 2.17. The second kappa shape index (κ2) is 11.5. The van der Waals surface area contributed by atoms with Crippen molar-refractivity contribution in [3.8, 4) is 5.75 Å². The fourth-order valence-electron chi connectivity index (χ4n) is 2.99. The van der Waals surface area contributed by atoms with Crippen LogP contribution >= 0.6 is 0 Å². The third-order valence-electron chi connectivity index (χ3n) is 4.63. The standard InChI is InChI=1S/C22H38O2/c1-6-8-11-20-12-14-21(15-13-20)23-18-16-19(3)10-9-17-22(4,5)24-7-2/h12-15,19H,6-11,16-18H2,1-5H3. The monoisotopic (exact) mass is 334 g/mol. The minimum absolute atomic E-state index is 0.0183. The van der Waals surface area contributed by atoms with Crippen molar-refractivity contribution in [3.05, 3.63) is 29.8 Å². The number of ether oxygens (including phenoxy) is 2. The molecular weight excluding hydrogens is 296 g/mol. The van der Waals surface area contributed by atoms with Crippen LogP contribution in [-0.2, 0) is 11.2 Å². The summed E-state index contributed by atoms with van der Waals surface area (Å²) in [5.41, 5.74) is 1.43. The molecule has 1 rings (SSSR count). The van der Waals surface area contributed by atoms with Crippen molar-refractivity contribution in [3.63, 3.8) is 0 Å². The van der Waals surface area contributed by atoms with Gasteiger partial charge in [0.25, 0.3) is 0 Å². The van der Waals surface area contributed by atoms with Gasteiger partial charge in [-0.15, -0.1) is 0 Å². The van der Waals surface area contributed by atoms with E-state index in [2.05, 4.69) is 58.9 Å². The van der Waals surface area contributed by atoms with Crippen LogP contribution in [0.25, 0.3) is 0 Å². The zero-order valence-corrected chi connectivity index (χ0v) is 16.6. The first kappa shape index (κ1) is 21.0. The van der Waals surface area contributed by atoms with Gasteiger partial charge >= 0.3 is 0 Å². The molecule has 0 saturated heterocycles. The molecule has 1 aromatic rings. The molecule has 0 N–H and O–H groups in total. The summed E-state index contributed by atoms with van der Waals surface area (Å²) in [6.45, 7) is 12.6. The van der Waals surface area contributed by atoms with E-state index in [1.54, 1.807) is 0 Å². The summed E-state index contributed by atoms with van der Waals surface area (Å²) >= 11 is 0. The van der Waals surface area contributed by atoms with Crippen LogP contribution in [0.3, 0.4) is 0 Å². The molecule has 24 heavy (non-hydrogen) atoms. The van der Waals surface area contributed by atoms with Crippen molar-refractivity contribution in [2.75, 3.05) is 13.2 Å². The Bertz CT molecular complexity index is 422. The Morgan fingerprint density at radius 2 is 1.71 bits per heavy atom. The number of rotatable bonds is 13. The normalized spacial score (nSPS) is 13.0. The first-order chi connectivity index (χ1) is 11.5. The van der Waals surface area contributed by atoms with E-state index >= 15 is 0 Å². The van der Waals surface area contributed by atoms with Crippen molar-refractivity contribution in [2.45, 2.75) is 85.2 Å². The third-order valence-corrected chi connectivity index (χ3v) is 4.63. The molecule has 0 radical (unpaired) electrons. The minimum Gasteiger partial charge on any atom is -0.494 e. The van der Waals surface area contributed by atoms with E-state index in [0.29, 0.717) is 5.92 Å². The van der Waals surface area contributed by atoms with Crippen LogP contribution in [-0.4, -0.2) is 18.8 Å². The zero-order chi connectivity index (χ0) is 17.8. The predicted octanol–water partition coefficient (Wildman–Crippen LogP) is 6.42. The highest BCUT2D eigenvalue weighted by molar-refractivity contribution is 5.27. The molecule has 1 atom stereocenters. The van der Waals surface area contributed by atoms with E-state index in [9.17, 15) is 0 Å². The smallest absolute Gasteiger partial charge is 0.119 e. The second-order valence-electron chi connectivity index (χ2n) is 7.57. The molecule has 0 bridgehead atoms. The number of benzene rings is 1. The summed E-state index contributed by atoms with van der Waals surface area (Å²) in [6.07, 6.45) is 8.40. The number of hydrogen-bond donors (Lipinski definition) is 0. The summed E-state index contributed by atoms with van der Waals surface area (Å²) in [5, 5.41) is 0. The van der Waals surface area contributed by atoms with E-state index in [1.807, 2.05) is 0 Å². The molecule has 138 valence electrons. The van der Waals surface area contributed by atoms with Gasteiger partial charge in [-0.2, -0.15) is 0 Å². The molecule has 2 nitrogen and oxygen atoms in total. The number of unbranched alkanes of at least 4 members (excludes halogenated alkanes) is 1. The maximum absolute atomic E-state index is 5.90. The molecule has 0 aliphatic carbocycles. The van der Waals surface area contributed by atoms with Crippen LogP contribution in [0, 0.1) is 5.92 Å². The van der Waals surface area contributed by atoms with Crippen molar-refractivity contribution in [1.82, 2.24) is 0 Å². The fourth-order valence-corrected chi connectivity index (χ4v) is 2.99. The maximum Gasteiger partial charge on any atom is 0.119 e. The predicted molar refractivity (Wildman–Crippen MR) is 104 cm³/mol. The lowest BCUT2D eigenvalue weighted by Crippen LogP contribution is -2.24. The van der Waals surface area contributed by atoms with Gasteiger partial charge in [-0.3, -0.25) is 0 Å². The van der Waals surface area contributed by atoms with Crippen LogP contribution in [0.5, 0.6) is 5.75 Å². The molecule has 1 aromatic carbocycles. The molecule has 0 saturated carbocycles. The molecule has 0 heterocycles. The third kappa shape index (κ3) is 9.32. The molecule has 2 heteroatoms. The van der Waals surface area contributed by atoms with Gasteiger partial charge in [-0.1, -0.05) is 45.2 Å². The number of aryl methyl sites for hydroxylation is 1. The highest BCUT2D eigenvalue weighted by Crippen LogP contribution is 2.21. The molecule has 1 unspecified atom stereocenters. The summed E-state index contributed by atoms with van der Waals surface area (Å²) in [6, 6.07) is 8.62. The van der Waals surface area contributed by atoms with Gasteiger partial charge in [0.05, 0.1) is 12.2 Å².